The molecule has 26 heavy (non-hydrogen) atoms. The highest BCUT2D eigenvalue weighted by molar-refractivity contribution is 5.87. The Morgan fingerprint density at radius 1 is 1.19 bits per heavy atom. The summed E-state index contributed by atoms with van der Waals surface area (Å²) in [6, 6.07) is 5.09. The third-order valence-corrected chi connectivity index (χ3v) is 3.42. The molecule has 0 bridgehead atoms. The molecule has 0 atom stereocenters. The van der Waals surface area contributed by atoms with Gasteiger partial charge in [-0.05, 0) is 17.7 Å². The van der Waals surface area contributed by atoms with Crippen molar-refractivity contribution in [1.82, 2.24) is 25.2 Å². The van der Waals surface area contributed by atoms with E-state index in [1.807, 2.05) is 6.07 Å². The zero-order valence-electron chi connectivity index (χ0n) is 15.1. The second-order valence-electron chi connectivity index (χ2n) is 5.59. The summed E-state index contributed by atoms with van der Waals surface area (Å²) < 4.78 is 11.8. The first-order valence-electron chi connectivity index (χ1n) is 7.79. The molecule has 0 aliphatic rings. The number of aromatic nitrogens is 3. The normalized spacial score (nSPS) is 10.2. The third-order valence-electron chi connectivity index (χ3n) is 3.42. The molecular formula is C16H22N6O4. The number of hydrogen-bond donors (Lipinski definition) is 2. The zero-order valence-corrected chi connectivity index (χ0v) is 15.1. The number of ether oxygens (including phenoxy) is 2. The van der Waals surface area contributed by atoms with Crippen molar-refractivity contribution in [3.05, 3.63) is 30.0 Å². The molecule has 2 aromatic rings. The van der Waals surface area contributed by atoms with E-state index in [-0.39, 0.29) is 24.3 Å². The van der Waals surface area contributed by atoms with Gasteiger partial charge in [-0.1, -0.05) is 11.3 Å². The van der Waals surface area contributed by atoms with Crippen molar-refractivity contribution in [2.45, 2.75) is 13.1 Å². The van der Waals surface area contributed by atoms with Gasteiger partial charge in [-0.3, -0.25) is 10.1 Å². The maximum atomic E-state index is 12.1. The predicted molar refractivity (Wildman–Crippen MR) is 94.1 cm³/mol. The highest BCUT2D eigenvalue weighted by Crippen LogP contribution is 2.27. The SMILES string of the molecule is COc1ccc(CNC(=O)Cn2cc(NC(=O)N(C)C)nn2)cc1OC. The minimum absolute atomic E-state index is 0.0157. The first-order valence-corrected chi connectivity index (χ1v) is 7.79. The summed E-state index contributed by atoms with van der Waals surface area (Å²) in [4.78, 5) is 25.0. The van der Waals surface area contributed by atoms with Crippen LogP contribution in [0.25, 0.3) is 0 Å². The van der Waals surface area contributed by atoms with Crippen molar-refractivity contribution in [2.75, 3.05) is 33.6 Å². The van der Waals surface area contributed by atoms with Crippen LogP contribution in [0.15, 0.2) is 24.4 Å². The van der Waals surface area contributed by atoms with E-state index in [1.165, 1.54) is 15.8 Å². The van der Waals surface area contributed by atoms with E-state index < -0.39 is 0 Å². The van der Waals surface area contributed by atoms with Crippen LogP contribution in [-0.4, -0.2) is 60.1 Å². The second-order valence-corrected chi connectivity index (χ2v) is 5.59. The molecule has 0 radical (unpaired) electrons. The summed E-state index contributed by atoms with van der Waals surface area (Å²) in [6.07, 6.45) is 1.48. The Morgan fingerprint density at radius 3 is 2.58 bits per heavy atom. The lowest BCUT2D eigenvalue weighted by atomic mass is 10.2. The van der Waals surface area contributed by atoms with Crippen LogP contribution in [0.2, 0.25) is 0 Å². The third kappa shape index (κ3) is 5.10. The fourth-order valence-electron chi connectivity index (χ4n) is 2.05. The van der Waals surface area contributed by atoms with Gasteiger partial charge in [0.25, 0.3) is 0 Å². The lowest BCUT2D eigenvalue weighted by molar-refractivity contribution is -0.122. The fraction of sp³-hybridized carbons (Fsp3) is 0.375. The number of rotatable bonds is 7. The van der Waals surface area contributed by atoms with Gasteiger partial charge in [0.1, 0.15) is 6.54 Å². The van der Waals surface area contributed by atoms with Crippen LogP contribution in [0.3, 0.4) is 0 Å². The summed E-state index contributed by atoms with van der Waals surface area (Å²) in [5.41, 5.74) is 0.869. The quantitative estimate of drug-likeness (QED) is 0.750. The molecule has 0 saturated carbocycles. The Kier molecular flexibility index (Phi) is 6.36. The highest BCUT2D eigenvalue weighted by atomic mass is 16.5. The first kappa shape index (κ1) is 19.0. The molecule has 1 heterocycles. The van der Waals surface area contributed by atoms with Crippen molar-refractivity contribution >= 4 is 17.8 Å². The molecule has 2 rings (SSSR count). The Morgan fingerprint density at radius 2 is 1.92 bits per heavy atom. The molecule has 1 aromatic heterocycles. The molecule has 140 valence electrons. The largest absolute Gasteiger partial charge is 0.493 e. The Hall–Kier alpha value is -3.30. The van der Waals surface area contributed by atoms with E-state index in [1.54, 1.807) is 40.4 Å². The number of carbonyl (C=O) groups excluding carboxylic acids is 2. The van der Waals surface area contributed by atoms with E-state index in [9.17, 15) is 9.59 Å². The summed E-state index contributed by atoms with van der Waals surface area (Å²) in [6.45, 7) is 0.316. The lowest BCUT2D eigenvalue weighted by Crippen LogP contribution is -2.28. The molecule has 10 heteroatoms. The minimum Gasteiger partial charge on any atom is -0.493 e. The number of nitrogens with one attached hydrogen (secondary N) is 2. The van der Waals surface area contributed by atoms with Gasteiger partial charge in [0, 0.05) is 20.6 Å². The molecule has 0 spiro atoms. The van der Waals surface area contributed by atoms with Crippen molar-refractivity contribution in [2.24, 2.45) is 0 Å². The van der Waals surface area contributed by atoms with Gasteiger partial charge < -0.3 is 19.7 Å². The van der Waals surface area contributed by atoms with E-state index >= 15 is 0 Å². The van der Waals surface area contributed by atoms with Gasteiger partial charge in [0.15, 0.2) is 17.3 Å². The number of benzene rings is 1. The van der Waals surface area contributed by atoms with Crippen LogP contribution in [0.1, 0.15) is 5.56 Å². The van der Waals surface area contributed by atoms with Crippen molar-refractivity contribution in [1.29, 1.82) is 0 Å². The van der Waals surface area contributed by atoms with E-state index in [4.69, 9.17) is 9.47 Å². The molecule has 0 fully saturated rings. The molecule has 1 aromatic carbocycles. The fourth-order valence-corrected chi connectivity index (χ4v) is 2.05. The van der Waals surface area contributed by atoms with Crippen LogP contribution in [-0.2, 0) is 17.9 Å². The number of methoxy groups -OCH3 is 2. The number of carbonyl (C=O) groups is 2. The van der Waals surface area contributed by atoms with Crippen molar-refractivity contribution < 1.29 is 19.1 Å². The molecule has 0 aliphatic carbocycles. The van der Waals surface area contributed by atoms with E-state index in [0.29, 0.717) is 18.0 Å². The Bertz CT molecular complexity index is 774. The predicted octanol–water partition coefficient (Wildman–Crippen LogP) is 0.705. The molecule has 0 unspecified atom stereocenters. The lowest BCUT2D eigenvalue weighted by Gasteiger charge is -2.10. The van der Waals surface area contributed by atoms with Crippen molar-refractivity contribution in [3.63, 3.8) is 0 Å². The maximum absolute atomic E-state index is 12.1. The van der Waals surface area contributed by atoms with Gasteiger partial charge in [0.2, 0.25) is 5.91 Å². The van der Waals surface area contributed by atoms with Gasteiger partial charge in [-0.2, -0.15) is 0 Å². The summed E-state index contributed by atoms with van der Waals surface area (Å²) in [5, 5.41) is 12.9. The zero-order chi connectivity index (χ0) is 19.1. The van der Waals surface area contributed by atoms with E-state index in [0.717, 1.165) is 5.56 Å². The monoisotopic (exact) mass is 362 g/mol. The number of hydrogen-bond acceptors (Lipinski definition) is 6. The molecular weight excluding hydrogens is 340 g/mol. The standard InChI is InChI=1S/C16H22N6O4/c1-21(2)16(24)18-14-9-22(20-19-14)10-15(23)17-8-11-5-6-12(25-3)13(7-11)26-4/h5-7,9H,8,10H2,1-4H3,(H,17,23)(H,18,24). The number of anilines is 1. The van der Waals surface area contributed by atoms with Gasteiger partial charge >= 0.3 is 6.03 Å². The van der Waals surface area contributed by atoms with Crippen LogP contribution < -0.4 is 20.1 Å². The highest BCUT2D eigenvalue weighted by Gasteiger charge is 2.10. The Balaban J connectivity index is 1.87. The minimum atomic E-state index is -0.324. The average Bonchev–Trinajstić information content (AvgIpc) is 3.06. The topological polar surface area (TPSA) is 111 Å². The molecule has 0 aliphatic heterocycles. The first-order chi connectivity index (χ1) is 12.4. The second kappa shape index (κ2) is 8.70. The number of urea groups is 1. The van der Waals surface area contributed by atoms with Gasteiger partial charge in [-0.15, -0.1) is 5.10 Å². The summed E-state index contributed by atoms with van der Waals surface area (Å²) >= 11 is 0. The van der Waals surface area contributed by atoms with Crippen LogP contribution in [0.4, 0.5) is 10.6 Å². The summed E-state index contributed by atoms with van der Waals surface area (Å²) in [5.74, 6) is 1.25. The molecule has 10 nitrogen and oxygen atoms in total. The van der Waals surface area contributed by atoms with Crippen molar-refractivity contribution in [3.8, 4) is 11.5 Å². The average molecular weight is 362 g/mol. The number of nitrogens with zero attached hydrogens (tertiary/aromatic N) is 4. The van der Waals surface area contributed by atoms with Gasteiger partial charge in [-0.25, -0.2) is 9.48 Å². The smallest absolute Gasteiger partial charge is 0.322 e. The van der Waals surface area contributed by atoms with Crippen LogP contribution >= 0.6 is 0 Å². The van der Waals surface area contributed by atoms with Crippen LogP contribution in [0, 0.1) is 0 Å². The molecule has 2 N–H and O–H groups in total. The maximum Gasteiger partial charge on any atom is 0.322 e. The molecule has 0 saturated heterocycles. The van der Waals surface area contributed by atoms with Crippen LogP contribution in [0.5, 0.6) is 11.5 Å². The summed E-state index contributed by atoms with van der Waals surface area (Å²) in [7, 11) is 6.34. The Labute approximate surface area is 151 Å². The van der Waals surface area contributed by atoms with E-state index in [2.05, 4.69) is 20.9 Å². The number of amides is 3. The van der Waals surface area contributed by atoms with Gasteiger partial charge in [0.05, 0.1) is 20.4 Å². The molecule has 3 amide bonds.